The third-order valence-corrected chi connectivity index (χ3v) is 4.13. The highest BCUT2D eigenvalue weighted by Gasteiger charge is 2.24. The van der Waals surface area contributed by atoms with E-state index in [-0.39, 0.29) is 6.04 Å². The summed E-state index contributed by atoms with van der Waals surface area (Å²) in [5, 5.41) is 3.67. The minimum absolute atomic E-state index is 0.00222. The number of nitrogens with one attached hydrogen (secondary N) is 1. The zero-order valence-electron chi connectivity index (χ0n) is 12.8. The largest absolute Gasteiger partial charge is 0.467 e. The van der Waals surface area contributed by atoms with Crippen LogP contribution in [-0.4, -0.2) is 40.1 Å². The summed E-state index contributed by atoms with van der Waals surface area (Å²) >= 11 is 0. The molecule has 3 rings (SSSR count). The van der Waals surface area contributed by atoms with Gasteiger partial charge in [-0.3, -0.25) is 5.32 Å². The molecule has 2 aromatic rings. The number of furan rings is 1. The molecule has 0 spiro atoms. The fraction of sp³-hybridized carbons (Fsp3) is 0.562. The van der Waals surface area contributed by atoms with E-state index in [1.54, 1.807) is 6.26 Å². The van der Waals surface area contributed by atoms with Crippen LogP contribution in [0, 0.1) is 0 Å². The lowest BCUT2D eigenvalue weighted by atomic mass is 10.1. The van der Waals surface area contributed by atoms with Gasteiger partial charge >= 0.3 is 0 Å². The first-order valence-electron chi connectivity index (χ1n) is 7.73. The fourth-order valence-electron chi connectivity index (χ4n) is 3.08. The van der Waals surface area contributed by atoms with Crippen molar-refractivity contribution in [3.05, 3.63) is 42.4 Å². The van der Waals surface area contributed by atoms with Gasteiger partial charge in [-0.05, 0) is 45.0 Å². The van der Waals surface area contributed by atoms with Crippen LogP contribution < -0.4 is 5.32 Å². The van der Waals surface area contributed by atoms with Gasteiger partial charge in [-0.1, -0.05) is 0 Å². The summed E-state index contributed by atoms with van der Waals surface area (Å²) in [5.41, 5.74) is 0. The molecule has 5 nitrogen and oxygen atoms in total. The fourth-order valence-corrected chi connectivity index (χ4v) is 3.08. The number of rotatable bonds is 6. The maximum absolute atomic E-state index is 5.62. The van der Waals surface area contributed by atoms with E-state index in [2.05, 4.69) is 22.1 Å². The van der Waals surface area contributed by atoms with Gasteiger partial charge in [0.1, 0.15) is 17.6 Å². The third-order valence-electron chi connectivity index (χ3n) is 4.13. The van der Waals surface area contributed by atoms with Crippen molar-refractivity contribution in [1.29, 1.82) is 0 Å². The summed E-state index contributed by atoms with van der Waals surface area (Å²) < 4.78 is 7.66. The summed E-state index contributed by atoms with van der Waals surface area (Å²) in [6.45, 7) is 5.75. The predicted octanol–water partition coefficient (Wildman–Crippen LogP) is 2.18. The van der Waals surface area contributed by atoms with Crippen molar-refractivity contribution in [3.8, 4) is 0 Å². The van der Waals surface area contributed by atoms with E-state index in [9.17, 15) is 0 Å². The molecule has 2 atom stereocenters. The van der Waals surface area contributed by atoms with E-state index >= 15 is 0 Å². The molecule has 3 heterocycles. The van der Waals surface area contributed by atoms with Gasteiger partial charge in [0.15, 0.2) is 0 Å². The molecule has 0 radical (unpaired) electrons. The lowest BCUT2D eigenvalue weighted by molar-refractivity contribution is 0.282. The van der Waals surface area contributed by atoms with Crippen LogP contribution in [0.1, 0.15) is 37.4 Å². The highest BCUT2D eigenvalue weighted by Crippen LogP contribution is 2.21. The van der Waals surface area contributed by atoms with Crippen LogP contribution in [0.3, 0.4) is 0 Å². The smallest absolute Gasteiger partial charge is 0.133 e. The van der Waals surface area contributed by atoms with Crippen LogP contribution in [0.2, 0.25) is 0 Å². The molecule has 2 aromatic heterocycles. The molecule has 1 fully saturated rings. The average Bonchev–Trinajstić information content (AvgIpc) is 3.18. The number of hydrogen-bond acceptors (Lipinski definition) is 4. The molecule has 114 valence electrons. The van der Waals surface area contributed by atoms with E-state index in [0.717, 1.165) is 18.1 Å². The predicted molar refractivity (Wildman–Crippen MR) is 82.0 cm³/mol. The lowest BCUT2D eigenvalue weighted by Crippen LogP contribution is -2.40. The van der Waals surface area contributed by atoms with E-state index in [4.69, 9.17) is 4.42 Å². The van der Waals surface area contributed by atoms with E-state index in [1.807, 2.05) is 36.1 Å². The second kappa shape index (κ2) is 6.45. The second-order valence-electron chi connectivity index (χ2n) is 5.92. The van der Waals surface area contributed by atoms with E-state index in [0.29, 0.717) is 6.04 Å². The van der Waals surface area contributed by atoms with Crippen LogP contribution in [0.15, 0.2) is 35.2 Å². The highest BCUT2D eigenvalue weighted by molar-refractivity contribution is 5.16. The summed E-state index contributed by atoms with van der Waals surface area (Å²) in [5.74, 6) is 1.90. The second-order valence-corrected chi connectivity index (χ2v) is 5.92. The van der Waals surface area contributed by atoms with Crippen molar-refractivity contribution in [3.63, 3.8) is 0 Å². The van der Waals surface area contributed by atoms with Crippen molar-refractivity contribution < 1.29 is 4.42 Å². The molecule has 1 aliphatic heterocycles. The number of aryl methyl sites for hydroxylation is 1. The Morgan fingerprint density at radius 2 is 2.19 bits per heavy atom. The van der Waals surface area contributed by atoms with E-state index in [1.165, 1.54) is 25.9 Å². The first-order chi connectivity index (χ1) is 10.2. The zero-order chi connectivity index (χ0) is 14.7. The number of aromatic nitrogens is 2. The number of likely N-dealkylation sites (tertiary alicyclic amines) is 1. The summed E-state index contributed by atoms with van der Waals surface area (Å²) in [6.07, 6.45) is 8.18. The quantitative estimate of drug-likeness (QED) is 0.885. The van der Waals surface area contributed by atoms with Gasteiger partial charge in [0.2, 0.25) is 0 Å². The Balaban J connectivity index is 1.72. The van der Waals surface area contributed by atoms with Crippen LogP contribution in [-0.2, 0) is 7.05 Å². The molecule has 1 N–H and O–H groups in total. The first kappa shape index (κ1) is 14.4. The summed E-state index contributed by atoms with van der Waals surface area (Å²) in [7, 11) is 2.02. The van der Waals surface area contributed by atoms with Crippen LogP contribution in [0.5, 0.6) is 0 Å². The molecular weight excluding hydrogens is 264 g/mol. The lowest BCUT2D eigenvalue weighted by Gasteiger charge is -2.25. The number of imidazole rings is 1. The normalized spacial score (nSPS) is 19.0. The molecule has 0 bridgehead atoms. The standard InChI is InChI=1S/C16H24N4O/c1-13(12-20-8-3-4-9-20)18-15(14-6-5-11-21-14)16-17-7-10-19(16)2/h5-7,10-11,13,15,18H,3-4,8-9,12H2,1-2H3. The SMILES string of the molecule is CC(CN1CCCC1)NC(c1ccco1)c1nccn1C. The van der Waals surface area contributed by atoms with Crippen molar-refractivity contribution >= 4 is 0 Å². The monoisotopic (exact) mass is 288 g/mol. The van der Waals surface area contributed by atoms with E-state index < -0.39 is 0 Å². The molecule has 5 heteroatoms. The Labute approximate surface area is 126 Å². The Bertz CT molecular complexity index is 542. The molecule has 21 heavy (non-hydrogen) atoms. The molecule has 2 unspecified atom stereocenters. The highest BCUT2D eigenvalue weighted by atomic mass is 16.3. The first-order valence-corrected chi connectivity index (χ1v) is 7.73. The Morgan fingerprint density at radius 1 is 1.38 bits per heavy atom. The minimum Gasteiger partial charge on any atom is -0.467 e. The maximum Gasteiger partial charge on any atom is 0.133 e. The Hall–Kier alpha value is -1.59. The summed E-state index contributed by atoms with van der Waals surface area (Å²) in [6, 6.07) is 4.32. The number of nitrogens with zero attached hydrogens (tertiary/aromatic N) is 3. The Kier molecular flexibility index (Phi) is 4.41. The van der Waals surface area contributed by atoms with Crippen molar-refractivity contribution in [2.75, 3.05) is 19.6 Å². The van der Waals surface area contributed by atoms with Gasteiger partial charge in [0, 0.05) is 32.0 Å². The van der Waals surface area contributed by atoms with Crippen LogP contribution >= 0.6 is 0 Å². The van der Waals surface area contributed by atoms with Crippen molar-refractivity contribution in [1.82, 2.24) is 19.8 Å². The van der Waals surface area contributed by atoms with Crippen LogP contribution in [0.4, 0.5) is 0 Å². The molecular formula is C16H24N4O. The van der Waals surface area contributed by atoms with Crippen LogP contribution in [0.25, 0.3) is 0 Å². The van der Waals surface area contributed by atoms with Gasteiger partial charge in [0.05, 0.1) is 6.26 Å². The third kappa shape index (κ3) is 3.36. The Morgan fingerprint density at radius 3 is 2.81 bits per heavy atom. The van der Waals surface area contributed by atoms with Crippen molar-refractivity contribution in [2.45, 2.75) is 31.8 Å². The summed E-state index contributed by atoms with van der Waals surface area (Å²) in [4.78, 5) is 7.01. The van der Waals surface area contributed by atoms with Crippen molar-refractivity contribution in [2.24, 2.45) is 7.05 Å². The zero-order valence-corrected chi connectivity index (χ0v) is 12.8. The number of hydrogen-bond donors (Lipinski definition) is 1. The molecule has 0 amide bonds. The molecule has 1 aliphatic rings. The molecule has 0 aromatic carbocycles. The molecule has 0 saturated carbocycles. The molecule has 0 aliphatic carbocycles. The van der Waals surface area contributed by atoms with Gasteiger partial charge in [-0.15, -0.1) is 0 Å². The van der Waals surface area contributed by atoms with Gasteiger partial charge < -0.3 is 13.9 Å². The topological polar surface area (TPSA) is 46.2 Å². The van der Waals surface area contributed by atoms with Gasteiger partial charge in [-0.2, -0.15) is 0 Å². The van der Waals surface area contributed by atoms with Gasteiger partial charge in [0.25, 0.3) is 0 Å². The average molecular weight is 288 g/mol. The maximum atomic E-state index is 5.62. The molecule has 1 saturated heterocycles. The minimum atomic E-state index is -0.00222. The van der Waals surface area contributed by atoms with Gasteiger partial charge in [-0.25, -0.2) is 4.98 Å².